The zero-order chi connectivity index (χ0) is 10.7. The number of nitrogens with one attached hydrogen (secondary N) is 1. The Morgan fingerprint density at radius 2 is 2.47 bits per heavy atom. The maximum absolute atomic E-state index is 9.27. The van der Waals surface area contributed by atoms with Crippen molar-refractivity contribution in [2.24, 2.45) is 0 Å². The third-order valence-electron chi connectivity index (χ3n) is 2.80. The number of aliphatic hydroxyl groups excluding tert-OH is 1. The van der Waals surface area contributed by atoms with Crippen molar-refractivity contribution in [3.05, 3.63) is 18.2 Å². The molecule has 2 N–H and O–H groups in total. The van der Waals surface area contributed by atoms with Gasteiger partial charge in [-0.3, -0.25) is 0 Å². The summed E-state index contributed by atoms with van der Waals surface area (Å²) in [4.78, 5) is 4.27. The van der Waals surface area contributed by atoms with E-state index in [-0.39, 0.29) is 12.6 Å². The Morgan fingerprint density at radius 3 is 3.07 bits per heavy atom. The van der Waals surface area contributed by atoms with E-state index >= 15 is 0 Å². The minimum atomic E-state index is 0.164. The van der Waals surface area contributed by atoms with Crippen molar-refractivity contribution in [3.63, 3.8) is 0 Å². The zero-order valence-electron chi connectivity index (χ0n) is 9.19. The molecule has 1 aromatic rings. The zero-order valence-corrected chi connectivity index (χ0v) is 9.19. The number of imidazole rings is 1. The fourth-order valence-corrected chi connectivity index (χ4v) is 1.80. The molecule has 1 saturated carbocycles. The lowest BCUT2D eigenvalue weighted by Gasteiger charge is -2.17. The van der Waals surface area contributed by atoms with E-state index in [1.807, 2.05) is 12.4 Å². The van der Waals surface area contributed by atoms with Crippen LogP contribution >= 0.6 is 0 Å². The second kappa shape index (κ2) is 4.77. The lowest BCUT2D eigenvalue weighted by Crippen LogP contribution is -2.38. The van der Waals surface area contributed by atoms with Crippen molar-refractivity contribution in [1.82, 2.24) is 14.9 Å². The molecule has 15 heavy (non-hydrogen) atoms. The molecule has 4 heteroatoms. The first-order valence-corrected chi connectivity index (χ1v) is 5.70. The second-order valence-corrected chi connectivity index (χ2v) is 4.17. The van der Waals surface area contributed by atoms with Gasteiger partial charge in [0.2, 0.25) is 0 Å². The lowest BCUT2D eigenvalue weighted by molar-refractivity contribution is 0.227. The molecule has 2 rings (SSSR count). The number of rotatable bonds is 6. The molecule has 1 aromatic heterocycles. The highest BCUT2D eigenvalue weighted by atomic mass is 16.3. The van der Waals surface area contributed by atoms with Crippen LogP contribution in [-0.2, 0) is 13.0 Å². The van der Waals surface area contributed by atoms with Gasteiger partial charge in [0.05, 0.1) is 6.61 Å². The number of hydrogen-bond donors (Lipinski definition) is 2. The van der Waals surface area contributed by atoms with Crippen LogP contribution < -0.4 is 5.32 Å². The summed E-state index contributed by atoms with van der Waals surface area (Å²) < 4.78 is 2.12. The van der Waals surface area contributed by atoms with Gasteiger partial charge < -0.3 is 15.0 Å². The van der Waals surface area contributed by atoms with Crippen LogP contribution in [0.15, 0.2) is 12.4 Å². The molecule has 1 heterocycles. The van der Waals surface area contributed by atoms with Gasteiger partial charge in [-0.25, -0.2) is 4.98 Å². The van der Waals surface area contributed by atoms with Crippen LogP contribution in [0.5, 0.6) is 0 Å². The van der Waals surface area contributed by atoms with E-state index < -0.39 is 0 Å². The summed E-state index contributed by atoms with van der Waals surface area (Å²) in [7, 11) is 0. The SMILES string of the molecule is CCc1nccn1CC(CO)NC1CC1. The van der Waals surface area contributed by atoms with E-state index in [1.54, 1.807) is 0 Å². The van der Waals surface area contributed by atoms with Crippen molar-refractivity contribution in [1.29, 1.82) is 0 Å². The first kappa shape index (κ1) is 10.6. The van der Waals surface area contributed by atoms with E-state index in [0.717, 1.165) is 18.8 Å². The van der Waals surface area contributed by atoms with E-state index in [1.165, 1.54) is 12.8 Å². The first-order chi connectivity index (χ1) is 7.33. The monoisotopic (exact) mass is 209 g/mol. The fraction of sp³-hybridized carbons (Fsp3) is 0.727. The molecule has 0 spiro atoms. The Balaban J connectivity index is 1.92. The van der Waals surface area contributed by atoms with Gasteiger partial charge in [0.1, 0.15) is 5.82 Å². The predicted molar refractivity (Wildman–Crippen MR) is 58.6 cm³/mol. The third kappa shape index (κ3) is 2.79. The minimum Gasteiger partial charge on any atom is -0.395 e. The molecule has 0 bridgehead atoms. The highest BCUT2D eigenvalue weighted by Crippen LogP contribution is 2.19. The van der Waals surface area contributed by atoms with Crippen LogP contribution in [0.25, 0.3) is 0 Å². The molecule has 1 unspecified atom stereocenters. The van der Waals surface area contributed by atoms with Gasteiger partial charge in [0, 0.05) is 37.4 Å². The Labute approximate surface area is 90.3 Å². The largest absolute Gasteiger partial charge is 0.395 e. The normalized spacial score (nSPS) is 18.0. The molecule has 1 aliphatic rings. The Kier molecular flexibility index (Phi) is 3.38. The van der Waals surface area contributed by atoms with E-state index in [2.05, 4.69) is 21.8 Å². The van der Waals surface area contributed by atoms with E-state index in [0.29, 0.717) is 6.04 Å². The van der Waals surface area contributed by atoms with Crippen molar-refractivity contribution >= 4 is 0 Å². The number of hydrogen-bond acceptors (Lipinski definition) is 3. The summed E-state index contributed by atoms with van der Waals surface area (Å²) >= 11 is 0. The van der Waals surface area contributed by atoms with Crippen LogP contribution in [-0.4, -0.2) is 33.3 Å². The minimum absolute atomic E-state index is 0.164. The molecule has 0 aromatic carbocycles. The number of aliphatic hydroxyl groups is 1. The number of aromatic nitrogens is 2. The average molecular weight is 209 g/mol. The summed E-state index contributed by atoms with van der Waals surface area (Å²) in [6.07, 6.45) is 7.25. The standard InChI is InChI=1S/C11H19N3O/c1-2-11-12-5-6-14(11)7-10(8-15)13-9-3-4-9/h5-6,9-10,13,15H,2-4,7-8H2,1H3. The summed E-state index contributed by atoms with van der Waals surface area (Å²) in [5, 5.41) is 12.7. The molecule has 0 radical (unpaired) electrons. The average Bonchev–Trinajstić information content (AvgIpc) is 2.95. The molecule has 0 aliphatic heterocycles. The molecule has 1 atom stereocenters. The Morgan fingerprint density at radius 1 is 1.67 bits per heavy atom. The van der Waals surface area contributed by atoms with Crippen molar-refractivity contribution in [2.45, 2.75) is 44.8 Å². The van der Waals surface area contributed by atoms with Crippen molar-refractivity contribution < 1.29 is 5.11 Å². The van der Waals surface area contributed by atoms with Gasteiger partial charge in [0.15, 0.2) is 0 Å². The summed E-state index contributed by atoms with van der Waals surface area (Å²) in [6.45, 7) is 3.11. The van der Waals surface area contributed by atoms with Gasteiger partial charge in [-0.15, -0.1) is 0 Å². The highest BCUT2D eigenvalue weighted by Gasteiger charge is 2.24. The fourth-order valence-electron chi connectivity index (χ4n) is 1.80. The topological polar surface area (TPSA) is 50.1 Å². The molecule has 0 amide bonds. The molecule has 84 valence electrons. The lowest BCUT2D eigenvalue weighted by atomic mass is 10.3. The van der Waals surface area contributed by atoms with Crippen molar-refractivity contribution in [2.75, 3.05) is 6.61 Å². The maximum atomic E-state index is 9.27. The smallest absolute Gasteiger partial charge is 0.108 e. The van der Waals surface area contributed by atoms with Crippen LogP contribution in [0.2, 0.25) is 0 Å². The van der Waals surface area contributed by atoms with Gasteiger partial charge in [-0.2, -0.15) is 0 Å². The summed E-state index contributed by atoms with van der Waals surface area (Å²) in [5.74, 6) is 1.09. The van der Waals surface area contributed by atoms with Crippen LogP contribution in [0.1, 0.15) is 25.6 Å². The predicted octanol–water partition coefficient (Wildman–Crippen LogP) is 0.558. The van der Waals surface area contributed by atoms with Gasteiger partial charge >= 0.3 is 0 Å². The van der Waals surface area contributed by atoms with Gasteiger partial charge in [-0.1, -0.05) is 6.92 Å². The summed E-state index contributed by atoms with van der Waals surface area (Å²) in [5.41, 5.74) is 0. The second-order valence-electron chi connectivity index (χ2n) is 4.17. The van der Waals surface area contributed by atoms with Gasteiger partial charge in [-0.05, 0) is 12.8 Å². The highest BCUT2D eigenvalue weighted by molar-refractivity contribution is 4.94. The summed E-state index contributed by atoms with van der Waals surface area (Å²) in [6, 6.07) is 0.799. The van der Waals surface area contributed by atoms with E-state index in [9.17, 15) is 5.11 Å². The molecule has 1 aliphatic carbocycles. The molecular formula is C11H19N3O. The van der Waals surface area contributed by atoms with Crippen molar-refractivity contribution in [3.8, 4) is 0 Å². The molecular weight excluding hydrogens is 190 g/mol. The maximum Gasteiger partial charge on any atom is 0.108 e. The first-order valence-electron chi connectivity index (χ1n) is 5.70. The van der Waals surface area contributed by atoms with Crippen LogP contribution in [0.4, 0.5) is 0 Å². The Bertz CT molecular complexity index is 307. The van der Waals surface area contributed by atoms with Gasteiger partial charge in [0.25, 0.3) is 0 Å². The third-order valence-corrected chi connectivity index (χ3v) is 2.80. The van der Waals surface area contributed by atoms with Crippen LogP contribution in [0.3, 0.4) is 0 Å². The van der Waals surface area contributed by atoms with E-state index in [4.69, 9.17) is 0 Å². The molecule has 1 fully saturated rings. The number of aryl methyl sites for hydroxylation is 1. The molecule has 4 nitrogen and oxygen atoms in total. The quantitative estimate of drug-likeness (QED) is 0.719. The number of nitrogens with zero attached hydrogens (tertiary/aromatic N) is 2. The molecule has 0 saturated heterocycles. The van der Waals surface area contributed by atoms with Crippen LogP contribution in [0, 0.1) is 0 Å². The Hall–Kier alpha value is -0.870.